The van der Waals surface area contributed by atoms with E-state index in [1.807, 2.05) is 13.8 Å². The molecule has 0 saturated heterocycles. The van der Waals surface area contributed by atoms with Crippen molar-refractivity contribution in [3.8, 4) is 0 Å². The molecule has 0 aromatic rings. The minimum atomic E-state index is -3.31. The Bertz CT molecular complexity index is 364. The molecule has 0 radical (unpaired) electrons. The number of carbonyl (C=O) groups is 1. The van der Waals surface area contributed by atoms with Crippen LogP contribution in [-0.4, -0.2) is 44.5 Å². The van der Waals surface area contributed by atoms with Crippen molar-refractivity contribution in [2.24, 2.45) is 0 Å². The number of rotatable bonds is 9. The van der Waals surface area contributed by atoms with Gasteiger partial charge < -0.3 is 10.6 Å². The number of amides is 1. The van der Waals surface area contributed by atoms with Crippen molar-refractivity contribution in [3.05, 3.63) is 0 Å². The van der Waals surface area contributed by atoms with Crippen LogP contribution < -0.4 is 10.6 Å². The summed E-state index contributed by atoms with van der Waals surface area (Å²) in [5, 5.41) is 5.90. The van der Waals surface area contributed by atoms with Crippen molar-refractivity contribution in [2.75, 3.05) is 18.1 Å². The maximum atomic E-state index is 11.9. The Kier molecular flexibility index (Phi) is 6.08. The van der Waals surface area contributed by atoms with E-state index in [2.05, 4.69) is 10.6 Å². The van der Waals surface area contributed by atoms with Gasteiger partial charge in [-0.1, -0.05) is 13.8 Å². The Balaban J connectivity index is 2.38. The lowest BCUT2D eigenvalue weighted by Gasteiger charge is -2.16. The molecule has 0 aliphatic heterocycles. The molecule has 1 aliphatic rings. The number of carbonyl (C=O) groups excluding carboxylic acids is 1. The molecule has 1 aliphatic carbocycles. The van der Waals surface area contributed by atoms with Gasteiger partial charge in [-0.3, -0.25) is 4.79 Å². The smallest absolute Gasteiger partial charge is 0.235 e. The lowest BCUT2D eigenvalue weighted by molar-refractivity contribution is -0.118. The molecule has 106 valence electrons. The molecule has 2 N–H and O–H groups in total. The number of hydrogen-bond acceptors (Lipinski definition) is 4. The Labute approximate surface area is 110 Å². The molecule has 5 nitrogen and oxygen atoms in total. The highest BCUT2D eigenvalue weighted by molar-refractivity contribution is 7.92. The highest BCUT2D eigenvalue weighted by Crippen LogP contribution is 2.18. The Hall–Kier alpha value is -0.620. The second kappa shape index (κ2) is 7.09. The second-order valence-electron chi connectivity index (χ2n) is 4.96. The fraction of sp³-hybridized carbons (Fsp3) is 0.917. The van der Waals surface area contributed by atoms with Gasteiger partial charge in [-0.2, -0.15) is 0 Å². The molecule has 1 amide bonds. The summed E-state index contributed by atoms with van der Waals surface area (Å²) in [6.07, 6.45) is 3.67. The molecule has 0 bridgehead atoms. The van der Waals surface area contributed by atoms with Crippen LogP contribution in [0.2, 0.25) is 0 Å². The molecular weight excluding hydrogens is 252 g/mol. The van der Waals surface area contributed by atoms with Crippen molar-refractivity contribution in [1.82, 2.24) is 10.6 Å². The molecule has 18 heavy (non-hydrogen) atoms. The number of hydrogen-bond donors (Lipinski definition) is 2. The summed E-state index contributed by atoms with van der Waals surface area (Å²) in [7, 11) is -3.31. The predicted molar refractivity (Wildman–Crippen MR) is 72.2 cm³/mol. The van der Waals surface area contributed by atoms with Gasteiger partial charge in [0.2, 0.25) is 5.91 Å². The average molecular weight is 276 g/mol. The third-order valence-corrected chi connectivity index (χ3v) is 4.54. The third-order valence-electron chi connectivity index (χ3n) is 2.92. The topological polar surface area (TPSA) is 75.3 Å². The van der Waals surface area contributed by atoms with Crippen molar-refractivity contribution in [3.63, 3.8) is 0 Å². The van der Waals surface area contributed by atoms with Crippen LogP contribution in [0.1, 0.15) is 39.5 Å². The van der Waals surface area contributed by atoms with Crippen LogP contribution in [0.15, 0.2) is 0 Å². The van der Waals surface area contributed by atoms with Crippen LogP contribution in [-0.2, 0) is 14.6 Å². The molecule has 1 rings (SSSR count). The van der Waals surface area contributed by atoms with Gasteiger partial charge in [0.05, 0.1) is 5.75 Å². The fourth-order valence-electron chi connectivity index (χ4n) is 1.73. The van der Waals surface area contributed by atoms with E-state index in [0.717, 1.165) is 32.2 Å². The first kappa shape index (κ1) is 15.4. The van der Waals surface area contributed by atoms with Gasteiger partial charge in [0, 0.05) is 12.1 Å². The molecule has 0 heterocycles. The zero-order chi connectivity index (χ0) is 13.6. The molecule has 1 unspecified atom stereocenters. The van der Waals surface area contributed by atoms with Gasteiger partial charge >= 0.3 is 0 Å². The molecule has 0 aromatic carbocycles. The standard InChI is InChI=1S/C12H24N2O3S/c1-3-7-13-10(4-2)8-18(16,17)9-12(15)14-11-5-6-11/h10-11,13H,3-9H2,1-2H3,(H,14,15). The lowest BCUT2D eigenvalue weighted by Crippen LogP contribution is -2.39. The highest BCUT2D eigenvalue weighted by atomic mass is 32.2. The van der Waals surface area contributed by atoms with Gasteiger partial charge in [0.15, 0.2) is 9.84 Å². The van der Waals surface area contributed by atoms with E-state index >= 15 is 0 Å². The predicted octanol–water partition coefficient (Wildman–Crippen LogP) is 0.458. The third kappa shape index (κ3) is 6.35. The molecule has 1 saturated carbocycles. The van der Waals surface area contributed by atoms with Crippen molar-refractivity contribution in [2.45, 2.75) is 51.6 Å². The Morgan fingerprint density at radius 3 is 2.50 bits per heavy atom. The number of nitrogens with one attached hydrogen (secondary N) is 2. The molecule has 0 aromatic heterocycles. The molecular formula is C12H24N2O3S. The normalized spacial score (nSPS) is 17.4. The molecule has 1 atom stereocenters. The quantitative estimate of drug-likeness (QED) is 0.641. The van der Waals surface area contributed by atoms with Crippen LogP contribution in [0.25, 0.3) is 0 Å². The van der Waals surface area contributed by atoms with E-state index in [1.165, 1.54) is 0 Å². The first-order valence-electron chi connectivity index (χ1n) is 6.70. The maximum Gasteiger partial charge on any atom is 0.235 e. The second-order valence-corrected chi connectivity index (χ2v) is 7.06. The Morgan fingerprint density at radius 1 is 1.33 bits per heavy atom. The zero-order valence-corrected chi connectivity index (χ0v) is 12.1. The minimum absolute atomic E-state index is 0.0432. The minimum Gasteiger partial charge on any atom is -0.352 e. The highest BCUT2D eigenvalue weighted by Gasteiger charge is 2.26. The van der Waals surface area contributed by atoms with E-state index < -0.39 is 9.84 Å². The summed E-state index contributed by atoms with van der Waals surface area (Å²) in [5.41, 5.74) is 0. The monoisotopic (exact) mass is 276 g/mol. The molecule has 0 spiro atoms. The average Bonchev–Trinajstić information content (AvgIpc) is 3.06. The molecule has 1 fully saturated rings. The first-order chi connectivity index (χ1) is 8.46. The zero-order valence-electron chi connectivity index (χ0n) is 11.2. The van der Waals surface area contributed by atoms with Crippen LogP contribution >= 0.6 is 0 Å². The van der Waals surface area contributed by atoms with E-state index in [1.54, 1.807) is 0 Å². The maximum absolute atomic E-state index is 11.9. The van der Waals surface area contributed by atoms with E-state index in [0.29, 0.717) is 0 Å². The summed E-state index contributed by atoms with van der Waals surface area (Å²) in [4.78, 5) is 11.5. The summed E-state index contributed by atoms with van der Waals surface area (Å²) >= 11 is 0. The van der Waals surface area contributed by atoms with Gasteiger partial charge in [-0.05, 0) is 32.2 Å². The largest absolute Gasteiger partial charge is 0.352 e. The van der Waals surface area contributed by atoms with Gasteiger partial charge in [-0.25, -0.2) is 8.42 Å². The van der Waals surface area contributed by atoms with Gasteiger partial charge in [-0.15, -0.1) is 0 Å². The van der Waals surface area contributed by atoms with Crippen molar-refractivity contribution in [1.29, 1.82) is 0 Å². The summed E-state index contributed by atoms with van der Waals surface area (Å²) in [6.45, 7) is 4.80. The van der Waals surface area contributed by atoms with Crippen LogP contribution in [0, 0.1) is 0 Å². The lowest BCUT2D eigenvalue weighted by atomic mass is 10.2. The van der Waals surface area contributed by atoms with Crippen LogP contribution in [0.3, 0.4) is 0 Å². The fourth-order valence-corrected chi connectivity index (χ4v) is 3.30. The van der Waals surface area contributed by atoms with Crippen LogP contribution in [0.4, 0.5) is 0 Å². The summed E-state index contributed by atoms with van der Waals surface area (Å²) < 4.78 is 23.7. The SMILES string of the molecule is CCCNC(CC)CS(=O)(=O)CC(=O)NC1CC1. The van der Waals surface area contributed by atoms with Gasteiger partial charge in [0.25, 0.3) is 0 Å². The van der Waals surface area contributed by atoms with Crippen LogP contribution in [0.5, 0.6) is 0 Å². The first-order valence-corrected chi connectivity index (χ1v) is 8.52. The molecule has 6 heteroatoms. The van der Waals surface area contributed by atoms with Crippen molar-refractivity contribution < 1.29 is 13.2 Å². The summed E-state index contributed by atoms with van der Waals surface area (Å²) in [5.74, 6) is -0.696. The van der Waals surface area contributed by atoms with Crippen molar-refractivity contribution >= 4 is 15.7 Å². The Morgan fingerprint density at radius 2 is 2.00 bits per heavy atom. The summed E-state index contributed by atoms with van der Waals surface area (Å²) in [6, 6.07) is 0.163. The van der Waals surface area contributed by atoms with E-state index in [9.17, 15) is 13.2 Å². The van der Waals surface area contributed by atoms with E-state index in [4.69, 9.17) is 0 Å². The van der Waals surface area contributed by atoms with Gasteiger partial charge in [0.1, 0.15) is 5.75 Å². The number of sulfone groups is 1. The van der Waals surface area contributed by atoms with E-state index in [-0.39, 0.29) is 29.5 Å².